The minimum Gasteiger partial charge on any atom is -0.334 e. The van der Waals surface area contributed by atoms with Gasteiger partial charge in [0.05, 0.1) is 14.7 Å². The van der Waals surface area contributed by atoms with Gasteiger partial charge in [0.15, 0.2) is 11.6 Å². The van der Waals surface area contributed by atoms with Crippen molar-refractivity contribution < 1.29 is 13.6 Å². The molecule has 6 heteroatoms. The van der Waals surface area contributed by atoms with Gasteiger partial charge in [0.2, 0.25) is 0 Å². The third kappa shape index (κ3) is 3.32. The van der Waals surface area contributed by atoms with Crippen LogP contribution in [-0.4, -0.2) is 17.9 Å². The number of aryl methyl sites for hydroxylation is 1. The van der Waals surface area contributed by atoms with E-state index in [9.17, 15) is 13.6 Å². The van der Waals surface area contributed by atoms with Crippen LogP contribution in [0.2, 0.25) is 0 Å². The average Bonchev–Trinajstić information content (AvgIpc) is 2.79. The molecule has 0 N–H and O–H groups in total. The second kappa shape index (κ2) is 6.23. The first-order valence-corrected chi connectivity index (χ1v) is 7.90. The highest BCUT2D eigenvalue weighted by atomic mass is 79.9. The molecule has 0 radical (unpaired) electrons. The summed E-state index contributed by atoms with van der Waals surface area (Å²) in [6, 6.07) is 5.15. The molecular formula is C15H14BrF2NOS. The Labute approximate surface area is 134 Å². The fourth-order valence-corrected chi connectivity index (χ4v) is 3.43. The number of carbonyl (C=O) groups is 1. The Morgan fingerprint density at radius 2 is 1.95 bits per heavy atom. The molecule has 1 aromatic carbocycles. The summed E-state index contributed by atoms with van der Waals surface area (Å²) < 4.78 is 27.2. The Bertz CT molecular complexity index is 667. The lowest BCUT2D eigenvalue weighted by Gasteiger charge is -2.25. The number of carbonyl (C=O) groups excluding carboxylic acids is 1. The van der Waals surface area contributed by atoms with Crippen LogP contribution in [0.4, 0.5) is 8.78 Å². The van der Waals surface area contributed by atoms with E-state index in [4.69, 9.17) is 0 Å². The zero-order valence-electron chi connectivity index (χ0n) is 11.8. The first kappa shape index (κ1) is 16.1. The highest BCUT2D eigenvalue weighted by Crippen LogP contribution is 2.30. The maximum Gasteiger partial charge on any atom is 0.264 e. The van der Waals surface area contributed by atoms with E-state index >= 15 is 0 Å². The Kier molecular flexibility index (Phi) is 4.78. The van der Waals surface area contributed by atoms with Gasteiger partial charge in [-0.3, -0.25) is 4.79 Å². The average molecular weight is 374 g/mol. The largest absolute Gasteiger partial charge is 0.334 e. The third-order valence-corrected chi connectivity index (χ3v) is 5.52. The molecule has 2 nitrogen and oxygen atoms in total. The van der Waals surface area contributed by atoms with E-state index in [1.54, 1.807) is 14.0 Å². The van der Waals surface area contributed by atoms with Crippen LogP contribution in [-0.2, 0) is 0 Å². The van der Waals surface area contributed by atoms with Crippen molar-refractivity contribution in [2.75, 3.05) is 7.05 Å². The van der Waals surface area contributed by atoms with Crippen molar-refractivity contribution in [1.82, 2.24) is 4.90 Å². The van der Waals surface area contributed by atoms with Crippen LogP contribution >= 0.6 is 27.3 Å². The Morgan fingerprint density at radius 3 is 2.48 bits per heavy atom. The maximum absolute atomic E-state index is 13.3. The van der Waals surface area contributed by atoms with Gasteiger partial charge in [-0.25, -0.2) is 8.78 Å². The molecule has 0 saturated heterocycles. The number of amides is 1. The zero-order chi connectivity index (χ0) is 15.7. The lowest BCUT2D eigenvalue weighted by atomic mass is 10.1. The Morgan fingerprint density at radius 1 is 1.29 bits per heavy atom. The molecule has 2 rings (SSSR count). The Hall–Kier alpha value is -1.27. The monoisotopic (exact) mass is 373 g/mol. The molecule has 112 valence electrons. The molecule has 2 aromatic rings. The summed E-state index contributed by atoms with van der Waals surface area (Å²) >= 11 is 4.75. The van der Waals surface area contributed by atoms with Gasteiger partial charge >= 0.3 is 0 Å². The van der Waals surface area contributed by atoms with E-state index in [1.807, 2.05) is 13.0 Å². The minimum atomic E-state index is -0.907. The smallest absolute Gasteiger partial charge is 0.264 e. The summed E-state index contributed by atoms with van der Waals surface area (Å²) in [7, 11) is 1.65. The number of benzene rings is 1. The maximum atomic E-state index is 13.3. The summed E-state index contributed by atoms with van der Waals surface area (Å²) in [6.07, 6.45) is 0. The van der Waals surface area contributed by atoms with E-state index in [2.05, 4.69) is 15.9 Å². The topological polar surface area (TPSA) is 20.3 Å². The zero-order valence-corrected chi connectivity index (χ0v) is 14.2. The van der Waals surface area contributed by atoms with Crippen molar-refractivity contribution in [2.24, 2.45) is 0 Å². The number of halogens is 3. The number of thiophene rings is 1. The minimum absolute atomic E-state index is 0.147. The van der Waals surface area contributed by atoms with E-state index in [1.165, 1.54) is 22.3 Å². The first-order valence-electron chi connectivity index (χ1n) is 6.29. The van der Waals surface area contributed by atoms with Gasteiger partial charge in [0.1, 0.15) is 0 Å². The summed E-state index contributed by atoms with van der Waals surface area (Å²) in [5.41, 5.74) is 1.55. The van der Waals surface area contributed by atoms with Crippen molar-refractivity contribution in [3.63, 3.8) is 0 Å². The van der Waals surface area contributed by atoms with Crippen LogP contribution < -0.4 is 0 Å². The number of hydrogen-bond donors (Lipinski definition) is 0. The van der Waals surface area contributed by atoms with Gasteiger partial charge in [-0.1, -0.05) is 6.07 Å². The van der Waals surface area contributed by atoms with Crippen LogP contribution in [0.5, 0.6) is 0 Å². The molecule has 0 aliphatic rings. The molecule has 1 heterocycles. The van der Waals surface area contributed by atoms with Crippen molar-refractivity contribution >= 4 is 33.2 Å². The number of nitrogens with zero attached hydrogens (tertiary/aromatic N) is 1. The summed E-state index contributed by atoms with van der Waals surface area (Å²) in [4.78, 5) is 14.6. The third-order valence-electron chi connectivity index (χ3n) is 3.40. The van der Waals surface area contributed by atoms with E-state index in [0.29, 0.717) is 10.4 Å². The van der Waals surface area contributed by atoms with E-state index in [0.717, 1.165) is 21.5 Å². The quantitative estimate of drug-likeness (QED) is 0.746. The van der Waals surface area contributed by atoms with Crippen molar-refractivity contribution in [1.29, 1.82) is 0 Å². The van der Waals surface area contributed by atoms with Crippen molar-refractivity contribution in [2.45, 2.75) is 19.9 Å². The molecule has 0 aliphatic heterocycles. The highest BCUT2D eigenvalue weighted by molar-refractivity contribution is 9.11. The molecule has 1 aromatic heterocycles. The van der Waals surface area contributed by atoms with E-state index in [-0.39, 0.29) is 11.9 Å². The second-order valence-corrected chi connectivity index (χ2v) is 7.20. The Balaban J connectivity index is 2.23. The molecular weight excluding hydrogens is 360 g/mol. The van der Waals surface area contributed by atoms with Gasteiger partial charge in [0.25, 0.3) is 5.91 Å². The summed E-state index contributed by atoms with van der Waals surface area (Å²) in [5, 5.41) is 0. The van der Waals surface area contributed by atoms with Gasteiger partial charge in [-0.2, -0.15) is 0 Å². The molecule has 0 aliphatic carbocycles. The van der Waals surface area contributed by atoms with Crippen LogP contribution in [0, 0.1) is 18.6 Å². The highest BCUT2D eigenvalue weighted by Gasteiger charge is 2.22. The van der Waals surface area contributed by atoms with Gasteiger partial charge in [-0.15, -0.1) is 11.3 Å². The lowest BCUT2D eigenvalue weighted by molar-refractivity contribution is 0.0747. The molecule has 1 amide bonds. The number of hydrogen-bond acceptors (Lipinski definition) is 2. The second-order valence-electron chi connectivity index (χ2n) is 4.83. The van der Waals surface area contributed by atoms with Crippen LogP contribution in [0.15, 0.2) is 28.1 Å². The molecule has 1 atom stereocenters. The number of rotatable bonds is 3. The van der Waals surface area contributed by atoms with E-state index < -0.39 is 11.6 Å². The van der Waals surface area contributed by atoms with Crippen molar-refractivity contribution in [3.8, 4) is 0 Å². The SMILES string of the molecule is Cc1cc(C(=O)N(C)C(C)c2ccc(F)c(F)c2)sc1Br. The van der Waals surface area contributed by atoms with Gasteiger partial charge in [0, 0.05) is 7.05 Å². The molecule has 0 spiro atoms. The van der Waals surface area contributed by atoms with Crippen molar-refractivity contribution in [3.05, 3.63) is 55.7 Å². The van der Waals surface area contributed by atoms with Gasteiger partial charge in [-0.05, 0) is 59.1 Å². The van der Waals surface area contributed by atoms with Gasteiger partial charge < -0.3 is 4.90 Å². The molecule has 1 unspecified atom stereocenters. The molecule has 0 fully saturated rings. The first-order chi connectivity index (χ1) is 9.81. The fraction of sp³-hybridized carbons (Fsp3) is 0.267. The molecule has 0 saturated carbocycles. The predicted octanol–water partition coefficient (Wildman–Crippen LogP) is 4.93. The van der Waals surface area contributed by atoms with Crippen LogP contribution in [0.1, 0.15) is 33.8 Å². The normalized spacial score (nSPS) is 12.3. The predicted molar refractivity (Wildman–Crippen MR) is 83.6 cm³/mol. The fourth-order valence-electron chi connectivity index (χ4n) is 1.91. The standard InChI is InChI=1S/C15H14BrF2NOS/c1-8-6-13(21-14(8)16)15(20)19(3)9(2)10-4-5-11(17)12(18)7-10/h4-7,9H,1-3H3. The summed E-state index contributed by atoms with van der Waals surface area (Å²) in [5.74, 6) is -1.95. The van der Waals surface area contributed by atoms with Crippen LogP contribution in [0.3, 0.4) is 0 Å². The molecule has 21 heavy (non-hydrogen) atoms. The summed E-state index contributed by atoms with van der Waals surface area (Å²) in [6.45, 7) is 3.69. The van der Waals surface area contributed by atoms with Crippen LogP contribution in [0.25, 0.3) is 0 Å². The molecule has 0 bridgehead atoms. The lowest BCUT2D eigenvalue weighted by Crippen LogP contribution is -2.29.